The summed E-state index contributed by atoms with van der Waals surface area (Å²) in [6.07, 6.45) is 7.76. The van der Waals surface area contributed by atoms with Gasteiger partial charge in [0.1, 0.15) is 0 Å². The van der Waals surface area contributed by atoms with E-state index in [1.165, 1.54) is 18.4 Å². The first kappa shape index (κ1) is 16.5. The van der Waals surface area contributed by atoms with Crippen LogP contribution in [0.4, 0.5) is 0 Å². The smallest absolute Gasteiger partial charge is 0.223 e. The van der Waals surface area contributed by atoms with E-state index < -0.39 is 0 Å². The van der Waals surface area contributed by atoms with Gasteiger partial charge >= 0.3 is 0 Å². The topological polar surface area (TPSA) is 41.1 Å². The van der Waals surface area contributed by atoms with Gasteiger partial charge in [-0.05, 0) is 62.6 Å². The third-order valence-corrected chi connectivity index (χ3v) is 5.71. The molecule has 0 bridgehead atoms. The van der Waals surface area contributed by atoms with Crippen LogP contribution in [0.3, 0.4) is 0 Å². The first-order valence-electron chi connectivity index (χ1n) is 9.28. The lowest BCUT2D eigenvalue weighted by Crippen LogP contribution is -2.39. The molecule has 1 aromatic carbocycles. The first-order valence-corrected chi connectivity index (χ1v) is 9.28. The Morgan fingerprint density at radius 2 is 2.00 bits per heavy atom. The Labute approximate surface area is 140 Å². The van der Waals surface area contributed by atoms with E-state index in [1.807, 2.05) is 0 Å². The zero-order valence-electron chi connectivity index (χ0n) is 14.3. The third-order valence-electron chi connectivity index (χ3n) is 5.71. The van der Waals surface area contributed by atoms with Crippen LogP contribution in [0.2, 0.25) is 0 Å². The summed E-state index contributed by atoms with van der Waals surface area (Å²) in [5.74, 6) is 0.596. The molecule has 2 atom stereocenters. The Kier molecular flexibility index (Phi) is 5.37. The van der Waals surface area contributed by atoms with Crippen molar-refractivity contribution in [1.29, 1.82) is 0 Å². The second kappa shape index (κ2) is 7.48. The number of benzene rings is 1. The van der Waals surface area contributed by atoms with Crippen molar-refractivity contribution in [3.05, 3.63) is 35.9 Å². The Hall–Kier alpha value is -1.35. The quantitative estimate of drug-likeness (QED) is 0.811. The molecule has 3 nitrogen and oxygen atoms in total. The van der Waals surface area contributed by atoms with E-state index >= 15 is 0 Å². The molecule has 23 heavy (non-hydrogen) atoms. The van der Waals surface area contributed by atoms with Crippen molar-refractivity contribution < 1.29 is 4.79 Å². The van der Waals surface area contributed by atoms with Crippen LogP contribution in [-0.4, -0.2) is 25.0 Å². The molecule has 1 saturated carbocycles. The molecule has 1 saturated heterocycles. The van der Waals surface area contributed by atoms with Crippen molar-refractivity contribution in [1.82, 2.24) is 10.6 Å². The SMILES string of the molecule is CCCC(CCc1ccccc1)NC(=O)C1CC12CCNCC2. The highest BCUT2D eigenvalue weighted by Crippen LogP contribution is 2.58. The van der Waals surface area contributed by atoms with Crippen molar-refractivity contribution in [2.75, 3.05) is 13.1 Å². The van der Waals surface area contributed by atoms with Gasteiger partial charge in [-0.25, -0.2) is 0 Å². The highest BCUT2D eigenvalue weighted by molar-refractivity contribution is 5.82. The molecule has 2 N–H and O–H groups in total. The maximum absolute atomic E-state index is 12.6. The summed E-state index contributed by atoms with van der Waals surface area (Å²) in [4.78, 5) is 12.6. The van der Waals surface area contributed by atoms with Crippen LogP contribution >= 0.6 is 0 Å². The van der Waals surface area contributed by atoms with E-state index in [4.69, 9.17) is 0 Å². The number of hydrogen-bond donors (Lipinski definition) is 2. The monoisotopic (exact) mass is 314 g/mol. The second-order valence-electron chi connectivity index (χ2n) is 7.39. The Bertz CT molecular complexity index is 508. The van der Waals surface area contributed by atoms with Gasteiger partial charge in [-0.15, -0.1) is 0 Å². The largest absolute Gasteiger partial charge is 0.353 e. The summed E-state index contributed by atoms with van der Waals surface area (Å²) in [6, 6.07) is 10.9. The Morgan fingerprint density at radius 1 is 1.26 bits per heavy atom. The van der Waals surface area contributed by atoms with E-state index in [0.29, 0.717) is 17.4 Å². The van der Waals surface area contributed by atoms with Crippen molar-refractivity contribution in [3.63, 3.8) is 0 Å². The van der Waals surface area contributed by atoms with Gasteiger partial charge in [0.2, 0.25) is 5.91 Å². The molecule has 1 aromatic rings. The van der Waals surface area contributed by atoms with Crippen LogP contribution in [0.25, 0.3) is 0 Å². The van der Waals surface area contributed by atoms with Crippen molar-refractivity contribution in [2.24, 2.45) is 11.3 Å². The average Bonchev–Trinajstić information content (AvgIpc) is 3.27. The standard InChI is InChI=1S/C20H30N2O/c1-2-6-17(10-9-16-7-4-3-5-8-16)22-19(23)18-15-20(18)11-13-21-14-12-20/h3-5,7-8,17-18,21H,2,6,9-15H2,1H3,(H,22,23). The van der Waals surface area contributed by atoms with E-state index in [2.05, 4.69) is 47.9 Å². The molecule has 1 amide bonds. The van der Waals surface area contributed by atoms with Crippen LogP contribution in [0.5, 0.6) is 0 Å². The number of carbonyl (C=O) groups is 1. The Morgan fingerprint density at radius 3 is 2.70 bits per heavy atom. The van der Waals surface area contributed by atoms with Gasteiger partial charge in [0.15, 0.2) is 0 Å². The minimum absolute atomic E-state index is 0.278. The number of nitrogens with one attached hydrogen (secondary N) is 2. The second-order valence-corrected chi connectivity index (χ2v) is 7.39. The molecule has 2 unspecified atom stereocenters. The lowest BCUT2D eigenvalue weighted by molar-refractivity contribution is -0.124. The maximum atomic E-state index is 12.6. The summed E-state index contributed by atoms with van der Waals surface area (Å²) in [5.41, 5.74) is 1.70. The highest BCUT2D eigenvalue weighted by atomic mass is 16.2. The number of rotatable bonds is 7. The van der Waals surface area contributed by atoms with Crippen LogP contribution in [0.15, 0.2) is 30.3 Å². The molecule has 0 radical (unpaired) electrons. The Balaban J connectivity index is 1.50. The predicted molar refractivity (Wildman–Crippen MR) is 94.2 cm³/mol. The predicted octanol–water partition coefficient (Wildman–Crippen LogP) is 3.29. The number of aryl methyl sites for hydroxylation is 1. The van der Waals surface area contributed by atoms with Crippen LogP contribution in [0.1, 0.15) is 51.0 Å². The lowest BCUT2D eigenvalue weighted by atomic mass is 9.91. The number of piperidine rings is 1. The molecule has 1 spiro atoms. The molecule has 1 heterocycles. The summed E-state index contributed by atoms with van der Waals surface area (Å²) < 4.78 is 0. The number of amides is 1. The van der Waals surface area contributed by atoms with Gasteiger partial charge < -0.3 is 10.6 Å². The van der Waals surface area contributed by atoms with E-state index in [0.717, 1.165) is 45.2 Å². The van der Waals surface area contributed by atoms with E-state index in [9.17, 15) is 4.79 Å². The fraction of sp³-hybridized carbons (Fsp3) is 0.650. The zero-order chi connectivity index (χ0) is 16.1. The minimum atomic E-state index is 0.278. The molecule has 3 heteroatoms. The summed E-state index contributed by atoms with van der Waals surface area (Å²) in [6.45, 7) is 4.36. The maximum Gasteiger partial charge on any atom is 0.223 e. The molecule has 0 aromatic heterocycles. The molecule has 126 valence electrons. The fourth-order valence-corrected chi connectivity index (χ4v) is 4.12. The lowest BCUT2D eigenvalue weighted by Gasteiger charge is -2.24. The minimum Gasteiger partial charge on any atom is -0.353 e. The third kappa shape index (κ3) is 4.14. The molecule has 2 fully saturated rings. The van der Waals surface area contributed by atoms with Crippen molar-refractivity contribution in [2.45, 2.75) is 57.9 Å². The van der Waals surface area contributed by atoms with Crippen LogP contribution in [0, 0.1) is 11.3 Å². The number of carbonyl (C=O) groups excluding carboxylic acids is 1. The van der Waals surface area contributed by atoms with Crippen LogP contribution < -0.4 is 10.6 Å². The van der Waals surface area contributed by atoms with Crippen molar-refractivity contribution >= 4 is 5.91 Å². The summed E-state index contributed by atoms with van der Waals surface area (Å²) >= 11 is 0. The highest BCUT2D eigenvalue weighted by Gasteiger charge is 2.57. The zero-order valence-corrected chi connectivity index (χ0v) is 14.3. The van der Waals surface area contributed by atoms with E-state index in [-0.39, 0.29) is 5.92 Å². The van der Waals surface area contributed by atoms with Crippen LogP contribution in [-0.2, 0) is 11.2 Å². The van der Waals surface area contributed by atoms with E-state index in [1.54, 1.807) is 0 Å². The van der Waals surface area contributed by atoms with Gasteiger partial charge in [0.05, 0.1) is 0 Å². The van der Waals surface area contributed by atoms with Gasteiger partial charge in [-0.2, -0.15) is 0 Å². The number of hydrogen-bond acceptors (Lipinski definition) is 2. The van der Waals surface area contributed by atoms with Gasteiger partial charge in [0, 0.05) is 12.0 Å². The average molecular weight is 314 g/mol. The summed E-state index contributed by atoms with van der Waals surface area (Å²) in [7, 11) is 0. The normalized spacial score (nSPS) is 23.4. The molecular weight excluding hydrogens is 284 g/mol. The van der Waals surface area contributed by atoms with Crippen molar-refractivity contribution in [3.8, 4) is 0 Å². The summed E-state index contributed by atoms with van der Waals surface area (Å²) in [5, 5.41) is 6.77. The molecule has 1 aliphatic carbocycles. The molecule has 1 aliphatic heterocycles. The molecule has 2 aliphatic rings. The van der Waals surface area contributed by atoms with Gasteiger partial charge in [-0.3, -0.25) is 4.79 Å². The molecular formula is C20H30N2O. The first-order chi connectivity index (χ1) is 11.2. The van der Waals surface area contributed by atoms with Gasteiger partial charge in [-0.1, -0.05) is 43.7 Å². The molecule has 3 rings (SSSR count). The fourth-order valence-electron chi connectivity index (χ4n) is 4.12. The van der Waals surface area contributed by atoms with Gasteiger partial charge in [0.25, 0.3) is 0 Å².